The summed E-state index contributed by atoms with van der Waals surface area (Å²) in [4.78, 5) is 10.4. The summed E-state index contributed by atoms with van der Waals surface area (Å²) in [6.45, 7) is 6.63. The first-order chi connectivity index (χ1) is 9.77. The molecule has 7 heteroatoms. The first-order valence-electron chi connectivity index (χ1n) is 6.79. The average Bonchev–Trinajstić information content (AvgIpc) is 2.41. The van der Waals surface area contributed by atoms with E-state index in [-0.39, 0.29) is 34.0 Å². The second-order valence-corrected chi connectivity index (χ2v) is 6.15. The second kappa shape index (κ2) is 5.77. The molecular formula is C14H18ClFN2O3. The van der Waals surface area contributed by atoms with Crippen molar-refractivity contribution in [1.29, 1.82) is 0 Å². The summed E-state index contributed by atoms with van der Waals surface area (Å²) in [5.41, 5.74) is -0.239. The van der Waals surface area contributed by atoms with Crippen LogP contribution in [-0.2, 0) is 4.74 Å². The Bertz CT molecular complexity index is 565. The molecular weight excluding hydrogens is 299 g/mol. The number of hydrogen-bond donors (Lipinski definition) is 1. The fourth-order valence-electron chi connectivity index (χ4n) is 2.61. The summed E-state index contributed by atoms with van der Waals surface area (Å²) in [6, 6.07) is 2.12. The van der Waals surface area contributed by atoms with Crippen molar-refractivity contribution in [3.05, 3.63) is 33.1 Å². The van der Waals surface area contributed by atoms with Gasteiger partial charge >= 0.3 is 0 Å². The highest BCUT2D eigenvalue weighted by molar-refractivity contribution is 6.31. The minimum Gasteiger partial charge on any atom is -0.378 e. The zero-order valence-electron chi connectivity index (χ0n) is 12.2. The highest BCUT2D eigenvalue weighted by Crippen LogP contribution is 2.45. The van der Waals surface area contributed by atoms with Crippen LogP contribution in [0.4, 0.5) is 15.8 Å². The van der Waals surface area contributed by atoms with Crippen molar-refractivity contribution in [3.63, 3.8) is 0 Å². The third kappa shape index (κ3) is 2.96. The van der Waals surface area contributed by atoms with Crippen LogP contribution in [0.2, 0.25) is 5.02 Å². The minimum absolute atomic E-state index is 0.00859. The Morgan fingerprint density at radius 2 is 2.24 bits per heavy atom. The zero-order chi connectivity index (χ0) is 15.8. The van der Waals surface area contributed by atoms with E-state index in [2.05, 4.69) is 5.32 Å². The van der Waals surface area contributed by atoms with Crippen LogP contribution < -0.4 is 5.32 Å². The number of nitrogens with zero attached hydrogens (tertiary/aromatic N) is 1. The molecule has 1 aromatic rings. The van der Waals surface area contributed by atoms with Gasteiger partial charge in [-0.1, -0.05) is 25.4 Å². The quantitative estimate of drug-likeness (QED) is 0.658. The van der Waals surface area contributed by atoms with E-state index >= 15 is 0 Å². The van der Waals surface area contributed by atoms with E-state index in [0.29, 0.717) is 6.61 Å². The lowest BCUT2D eigenvalue weighted by Gasteiger charge is -2.51. The van der Waals surface area contributed by atoms with Gasteiger partial charge in [0.1, 0.15) is 11.5 Å². The van der Waals surface area contributed by atoms with Crippen LogP contribution in [0.3, 0.4) is 0 Å². The van der Waals surface area contributed by atoms with Crippen LogP contribution in [-0.4, -0.2) is 23.7 Å². The molecule has 1 aliphatic rings. The largest absolute Gasteiger partial charge is 0.378 e. The molecule has 0 aromatic heterocycles. The van der Waals surface area contributed by atoms with Gasteiger partial charge in [-0.2, -0.15) is 0 Å². The molecule has 0 heterocycles. The number of nitrogens with one attached hydrogen (secondary N) is 1. The molecule has 1 aliphatic carbocycles. The average molecular weight is 317 g/mol. The highest BCUT2D eigenvalue weighted by atomic mass is 35.5. The molecule has 116 valence electrons. The first kappa shape index (κ1) is 16.0. The number of rotatable bonds is 5. The van der Waals surface area contributed by atoms with Crippen LogP contribution >= 0.6 is 11.6 Å². The Morgan fingerprint density at radius 1 is 1.57 bits per heavy atom. The summed E-state index contributed by atoms with van der Waals surface area (Å²) in [5.74, 6) is -0.797. The molecule has 0 bridgehead atoms. The van der Waals surface area contributed by atoms with E-state index in [9.17, 15) is 14.5 Å². The number of halogens is 2. The molecule has 1 fully saturated rings. The molecule has 0 saturated heterocycles. The molecule has 0 amide bonds. The molecule has 5 nitrogen and oxygen atoms in total. The van der Waals surface area contributed by atoms with Gasteiger partial charge < -0.3 is 10.1 Å². The number of benzene rings is 1. The monoisotopic (exact) mass is 316 g/mol. The van der Waals surface area contributed by atoms with Crippen molar-refractivity contribution in [2.45, 2.75) is 39.3 Å². The van der Waals surface area contributed by atoms with E-state index in [4.69, 9.17) is 16.3 Å². The Kier molecular flexibility index (Phi) is 4.39. The number of ether oxygens (including phenoxy) is 1. The zero-order valence-corrected chi connectivity index (χ0v) is 12.9. The summed E-state index contributed by atoms with van der Waals surface area (Å²) < 4.78 is 19.0. The number of anilines is 1. The summed E-state index contributed by atoms with van der Waals surface area (Å²) in [6.07, 6.45) is 0.850. The maximum absolute atomic E-state index is 13.4. The van der Waals surface area contributed by atoms with Crippen LogP contribution in [0, 0.1) is 21.3 Å². The van der Waals surface area contributed by atoms with Gasteiger partial charge in [0.2, 0.25) is 0 Å². The van der Waals surface area contributed by atoms with E-state index in [1.54, 1.807) is 0 Å². The number of nitro groups is 1. The molecule has 1 saturated carbocycles. The summed E-state index contributed by atoms with van der Waals surface area (Å²) in [5, 5.41) is 14.0. The Labute approximate surface area is 127 Å². The molecule has 2 rings (SSSR count). The van der Waals surface area contributed by atoms with Crippen LogP contribution in [0.25, 0.3) is 0 Å². The Balaban J connectivity index is 2.21. The maximum atomic E-state index is 13.4. The smallest absolute Gasteiger partial charge is 0.295 e. The van der Waals surface area contributed by atoms with Crippen LogP contribution in [0.15, 0.2) is 12.1 Å². The van der Waals surface area contributed by atoms with Crippen molar-refractivity contribution < 1.29 is 14.1 Å². The van der Waals surface area contributed by atoms with Gasteiger partial charge in [0.05, 0.1) is 22.1 Å². The molecule has 0 radical (unpaired) electrons. The molecule has 1 aromatic carbocycles. The van der Waals surface area contributed by atoms with E-state index in [1.165, 1.54) is 6.07 Å². The Hall–Kier alpha value is -1.40. The molecule has 0 spiro atoms. The van der Waals surface area contributed by atoms with Crippen molar-refractivity contribution in [2.75, 3.05) is 11.9 Å². The van der Waals surface area contributed by atoms with Gasteiger partial charge in [0, 0.05) is 18.1 Å². The SMILES string of the molecule is CCOC1CC(Nc2cc(Cl)c(F)cc2[N+](=O)[O-])C1(C)C. The van der Waals surface area contributed by atoms with Crippen LogP contribution in [0.1, 0.15) is 27.2 Å². The lowest BCUT2D eigenvalue weighted by Crippen LogP contribution is -2.58. The standard InChI is InChI=1S/C14H18ClFN2O3/c1-4-21-13-7-12(14(13,2)3)17-10-5-8(15)9(16)6-11(10)18(19)20/h5-6,12-13,17H,4,7H2,1-3H3. The lowest BCUT2D eigenvalue weighted by molar-refractivity contribution is -0.384. The van der Waals surface area contributed by atoms with E-state index in [1.807, 2.05) is 20.8 Å². The van der Waals surface area contributed by atoms with E-state index in [0.717, 1.165) is 12.5 Å². The third-order valence-electron chi connectivity index (χ3n) is 4.11. The fourth-order valence-corrected chi connectivity index (χ4v) is 2.77. The Morgan fingerprint density at radius 3 is 2.76 bits per heavy atom. The highest BCUT2D eigenvalue weighted by Gasteiger charge is 2.49. The van der Waals surface area contributed by atoms with Gasteiger partial charge in [-0.15, -0.1) is 0 Å². The first-order valence-corrected chi connectivity index (χ1v) is 7.16. The topological polar surface area (TPSA) is 64.4 Å². The predicted molar refractivity (Wildman–Crippen MR) is 79.3 cm³/mol. The third-order valence-corrected chi connectivity index (χ3v) is 4.40. The predicted octanol–water partition coefficient (Wildman–Crippen LogP) is 4.00. The fraction of sp³-hybridized carbons (Fsp3) is 0.571. The van der Waals surface area contributed by atoms with Crippen molar-refractivity contribution in [3.8, 4) is 0 Å². The van der Waals surface area contributed by atoms with Crippen molar-refractivity contribution >= 4 is 23.0 Å². The van der Waals surface area contributed by atoms with Gasteiger partial charge in [-0.05, 0) is 19.4 Å². The normalized spacial score (nSPS) is 23.5. The van der Waals surface area contributed by atoms with Crippen molar-refractivity contribution in [2.24, 2.45) is 5.41 Å². The van der Waals surface area contributed by atoms with Gasteiger partial charge in [0.15, 0.2) is 0 Å². The van der Waals surface area contributed by atoms with Crippen LogP contribution in [0.5, 0.6) is 0 Å². The van der Waals surface area contributed by atoms with Crippen molar-refractivity contribution in [1.82, 2.24) is 0 Å². The lowest BCUT2D eigenvalue weighted by atomic mass is 9.64. The molecule has 0 aliphatic heterocycles. The molecule has 2 atom stereocenters. The van der Waals surface area contributed by atoms with E-state index < -0.39 is 10.7 Å². The molecule has 2 unspecified atom stereocenters. The summed E-state index contributed by atoms with van der Waals surface area (Å²) >= 11 is 5.72. The minimum atomic E-state index is -0.797. The number of nitro benzene ring substituents is 1. The number of hydrogen-bond acceptors (Lipinski definition) is 4. The van der Waals surface area contributed by atoms with Gasteiger partial charge in [-0.3, -0.25) is 10.1 Å². The molecule has 21 heavy (non-hydrogen) atoms. The molecule has 1 N–H and O–H groups in total. The van der Waals surface area contributed by atoms with Gasteiger partial charge in [-0.25, -0.2) is 4.39 Å². The summed E-state index contributed by atoms with van der Waals surface area (Å²) in [7, 11) is 0. The van der Waals surface area contributed by atoms with Gasteiger partial charge in [0.25, 0.3) is 5.69 Å². The second-order valence-electron chi connectivity index (χ2n) is 5.74. The maximum Gasteiger partial charge on any atom is 0.295 e.